The van der Waals surface area contributed by atoms with Gasteiger partial charge in [0.25, 0.3) is 0 Å². The number of carbonyl (C=O) groups excluding carboxylic acids is 1. The van der Waals surface area contributed by atoms with Gasteiger partial charge in [0.05, 0.1) is 6.61 Å². The molecule has 0 aliphatic carbocycles. The van der Waals surface area contributed by atoms with E-state index in [1.165, 1.54) is 25.7 Å². The van der Waals surface area contributed by atoms with Crippen LogP contribution in [0.1, 0.15) is 45.4 Å². The van der Waals surface area contributed by atoms with Crippen molar-refractivity contribution in [3.8, 4) is 0 Å². The van der Waals surface area contributed by atoms with Crippen LogP contribution in [0.25, 0.3) is 0 Å². The van der Waals surface area contributed by atoms with Crippen molar-refractivity contribution >= 4 is 21.8 Å². The Morgan fingerprint density at radius 2 is 1.88 bits per heavy atom. The zero-order valence-electron chi connectivity index (χ0n) is 11.2. The second-order valence-corrected chi connectivity index (χ2v) is 5.02. The third-order valence-corrected chi connectivity index (χ3v) is 3.12. The van der Waals surface area contributed by atoms with Gasteiger partial charge in [-0.3, -0.25) is 4.79 Å². The number of amides is 1. The van der Waals surface area contributed by atoms with Crippen molar-refractivity contribution in [3.05, 3.63) is 0 Å². The van der Waals surface area contributed by atoms with Crippen molar-refractivity contribution in [2.75, 3.05) is 32.1 Å². The Kier molecular flexibility index (Phi) is 12.3. The highest BCUT2D eigenvalue weighted by Crippen LogP contribution is 2.07. The highest BCUT2D eigenvalue weighted by Gasteiger charge is 2.11. The molecule has 17 heavy (non-hydrogen) atoms. The average molecular weight is 308 g/mol. The Morgan fingerprint density at radius 1 is 1.18 bits per heavy atom. The van der Waals surface area contributed by atoms with E-state index in [1.807, 2.05) is 4.90 Å². The molecule has 0 saturated carbocycles. The number of methoxy groups -OCH3 is 1. The first-order valence-electron chi connectivity index (χ1n) is 6.59. The van der Waals surface area contributed by atoms with Gasteiger partial charge in [0.15, 0.2) is 0 Å². The molecule has 0 radical (unpaired) electrons. The maximum Gasteiger partial charge on any atom is 0.222 e. The number of hydrogen-bond donors (Lipinski definition) is 0. The molecular weight excluding hydrogens is 282 g/mol. The molecular formula is C13H26BrNO2. The Morgan fingerprint density at radius 3 is 2.47 bits per heavy atom. The van der Waals surface area contributed by atoms with E-state index in [2.05, 4.69) is 22.9 Å². The summed E-state index contributed by atoms with van der Waals surface area (Å²) in [6.07, 6.45) is 6.65. The van der Waals surface area contributed by atoms with E-state index in [1.54, 1.807) is 7.11 Å². The Labute approximate surface area is 114 Å². The summed E-state index contributed by atoms with van der Waals surface area (Å²) in [5.74, 6) is 0.262. The van der Waals surface area contributed by atoms with E-state index >= 15 is 0 Å². The lowest BCUT2D eigenvalue weighted by Gasteiger charge is -2.21. The summed E-state index contributed by atoms with van der Waals surface area (Å²) in [7, 11) is 1.67. The van der Waals surface area contributed by atoms with E-state index < -0.39 is 0 Å². The molecule has 0 heterocycles. The van der Waals surface area contributed by atoms with E-state index in [0.29, 0.717) is 19.6 Å². The quantitative estimate of drug-likeness (QED) is 0.433. The first-order chi connectivity index (χ1) is 8.26. The summed E-state index contributed by atoms with van der Waals surface area (Å²) in [5, 5.41) is 0.832. The third-order valence-electron chi connectivity index (χ3n) is 2.77. The average Bonchev–Trinajstić information content (AvgIpc) is 2.34. The fraction of sp³-hybridized carbons (Fsp3) is 0.923. The van der Waals surface area contributed by atoms with Crippen LogP contribution in [0.15, 0.2) is 0 Å². The van der Waals surface area contributed by atoms with Gasteiger partial charge < -0.3 is 9.64 Å². The lowest BCUT2D eigenvalue weighted by molar-refractivity contribution is -0.131. The zero-order valence-corrected chi connectivity index (χ0v) is 12.8. The standard InChI is InChI=1S/C13H26BrNO2/c1-3-4-5-6-7-8-13(16)15(10-9-14)11-12-17-2/h3-12H2,1-2H3. The molecule has 3 nitrogen and oxygen atoms in total. The number of carbonyl (C=O) groups is 1. The van der Waals surface area contributed by atoms with Crippen molar-refractivity contribution < 1.29 is 9.53 Å². The molecule has 4 heteroatoms. The van der Waals surface area contributed by atoms with Crippen molar-refractivity contribution in [2.24, 2.45) is 0 Å². The molecule has 102 valence electrons. The largest absolute Gasteiger partial charge is 0.383 e. The minimum absolute atomic E-state index is 0.262. The van der Waals surface area contributed by atoms with Gasteiger partial charge in [0.1, 0.15) is 0 Å². The van der Waals surface area contributed by atoms with Crippen molar-refractivity contribution in [1.29, 1.82) is 0 Å². The lowest BCUT2D eigenvalue weighted by Crippen LogP contribution is -2.35. The van der Waals surface area contributed by atoms with Crippen molar-refractivity contribution in [1.82, 2.24) is 4.90 Å². The van der Waals surface area contributed by atoms with E-state index in [9.17, 15) is 4.79 Å². The minimum Gasteiger partial charge on any atom is -0.383 e. The highest BCUT2D eigenvalue weighted by atomic mass is 79.9. The molecule has 0 unspecified atom stereocenters. The van der Waals surface area contributed by atoms with Crippen LogP contribution >= 0.6 is 15.9 Å². The zero-order chi connectivity index (χ0) is 12.9. The van der Waals surface area contributed by atoms with Crippen molar-refractivity contribution in [3.63, 3.8) is 0 Å². The molecule has 0 aromatic carbocycles. The summed E-state index contributed by atoms with van der Waals surface area (Å²) in [6, 6.07) is 0. The van der Waals surface area contributed by atoms with Gasteiger partial charge in [-0.2, -0.15) is 0 Å². The predicted octanol–water partition coefficient (Wildman–Crippen LogP) is 3.22. The van der Waals surface area contributed by atoms with Crippen LogP contribution in [0.2, 0.25) is 0 Å². The molecule has 0 saturated heterocycles. The van der Waals surface area contributed by atoms with Crippen molar-refractivity contribution in [2.45, 2.75) is 45.4 Å². The monoisotopic (exact) mass is 307 g/mol. The summed E-state index contributed by atoms with van der Waals surface area (Å²) in [4.78, 5) is 13.8. The van der Waals surface area contributed by atoms with E-state index in [0.717, 1.165) is 18.3 Å². The van der Waals surface area contributed by atoms with E-state index in [4.69, 9.17) is 4.74 Å². The third kappa shape index (κ3) is 9.60. The number of rotatable bonds is 11. The number of ether oxygens (including phenoxy) is 1. The van der Waals surface area contributed by atoms with Gasteiger partial charge in [-0.25, -0.2) is 0 Å². The molecule has 0 fully saturated rings. The summed E-state index contributed by atoms with van der Waals surface area (Å²) in [6.45, 7) is 4.30. The predicted molar refractivity (Wildman–Crippen MR) is 75.6 cm³/mol. The molecule has 0 rings (SSSR count). The maximum absolute atomic E-state index is 11.9. The topological polar surface area (TPSA) is 29.5 Å². The summed E-state index contributed by atoms with van der Waals surface area (Å²) < 4.78 is 5.02. The van der Waals surface area contributed by atoms with Gasteiger partial charge in [-0.15, -0.1) is 0 Å². The van der Waals surface area contributed by atoms with Gasteiger partial charge in [0, 0.05) is 32.0 Å². The normalized spacial score (nSPS) is 10.5. The van der Waals surface area contributed by atoms with E-state index in [-0.39, 0.29) is 5.91 Å². The van der Waals surface area contributed by atoms with Gasteiger partial charge in [-0.05, 0) is 6.42 Å². The molecule has 0 aromatic rings. The van der Waals surface area contributed by atoms with Crippen LogP contribution < -0.4 is 0 Å². The molecule has 0 aliphatic rings. The lowest BCUT2D eigenvalue weighted by atomic mass is 10.1. The number of nitrogens with zero attached hydrogens (tertiary/aromatic N) is 1. The van der Waals surface area contributed by atoms with Gasteiger partial charge in [0.2, 0.25) is 5.91 Å². The van der Waals surface area contributed by atoms with Crippen LogP contribution in [0.3, 0.4) is 0 Å². The number of alkyl halides is 1. The SMILES string of the molecule is CCCCCCCC(=O)N(CCBr)CCOC. The Balaban J connectivity index is 3.72. The Hall–Kier alpha value is -0.0900. The molecule has 1 amide bonds. The second-order valence-electron chi connectivity index (χ2n) is 4.23. The molecule has 0 spiro atoms. The second kappa shape index (κ2) is 12.4. The van der Waals surface area contributed by atoms with Crippen LogP contribution in [-0.2, 0) is 9.53 Å². The van der Waals surface area contributed by atoms with Crippen LogP contribution in [-0.4, -0.2) is 42.9 Å². The highest BCUT2D eigenvalue weighted by molar-refractivity contribution is 9.09. The maximum atomic E-state index is 11.9. The van der Waals surface area contributed by atoms with Crippen LogP contribution in [0.4, 0.5) is 0 Å². The summed E-state index contributed by atoms with van der Waals surface area (Å²) >= 11 is 3.38. The fourth-order valence-corrected chi connectivity index (χ4v) is 2.13. The number of hydrogen-bond acceptors (Lipinski definition) is 2. The van der Waals surface area contributed by atoms with Crippen LogP contribution in [0.5, 0.6) is 0 Å². The van der Waals surface area contributed by atoms with Gasteiger partial charge >= 0.3 is 0 Å². The fourth-order valence-electron chi connectivity index (χ4n) is 1.70. The molecule has 0 atom stereocenters. The molecule has 0 aliphatic heterocycles. The molecule has 0 bridgehead atoms. The number of halogens is 1. The summed E-state index contributed by atoms with van der Waals surface area (Å²) in [5.41, 5.74) is 0. The first-order valence-corrected chi connectivity index (χ1v) is 7.71. The first kappa shape index (κ1) is 16.9. The van der Waals surface area contributed by atoms with Gasteiger partial charge in [-0.1, -0.05) is 48.5 Å². The molecule has 0 aromatic heterocycles. The minimum atomic E-state index is 0.262. The molecule has 0 N–H and O–H groups in total. The number of unbranched alkanes of at least 4 members (excludes halogenated alkanes) is 4. The van der Waals surface area contributed by atoms with Crippen LogP contribution in [0, 0.1) is 0 Å². The Bertz CT molecular complexity index is 188. The smallest absolute Gasteiger partial charge is 0.222 e.